The number of nitrogens with zero attached hydrogens (tertiary/aromatic N) is 1. The number of nitro benzene ring substituents is 1. The van der Waals surface area contributed by atoms with Gasteiger partial charge in [-0.1, -0.05) is 12.1 Å². The second-order valence-electron chi connectivity index (χ2n) is 4.36. The van der Waals surface area contributed by atoms with E-state index in [1.807, 2.05) is 0 Å². The molecule has 106 valence electrons. The van der Waals surface area contributed by atoms with Gasteiger partial charge in [-0.25, -0.2) is 4.79 Å². The molecule has 0 unspecified atom stereocenters. The molecular weight excluding hydrogens is 278 g/mol. The Morgan fingerprint density at radius 1 is 1.10 bits per heavy atom. The predicted molar refractivity (Wildman–Crippen MR) is 71.6 cm³/mol. The van der Waals surface area contributed by atoms with Gasteiger partial charge in [0.15, 0.2) is 11.5 Å². The number of hydrogen-bond donors (Lipinski definition) is 1. The van der Waals surface area contributed by atoms with Crippen LogP contribution in [-0.4, -0.2) is 22.8 Å². The summed E-state index contributed by atoms with van der Waals surface area (Å²) < 4.78 is 10.4. The summed E-state index contributed by atoms with van der Waals surface area (Å²) >= 11 is 0. The predicted octanol–water partition coefficient (Wildman–Crippen LogP) is 2.69. The number of carbonyl (C=O) groups is 1. The lowest BCUT2D eigenvalue weighted by atomic mass is 10.0. The average Bonchev–Trinajstić information content (AvgIpc) is 2.93. The summed E-state index contributed by atoms with van der Waals surface area (Å²) in [5, 5.41) is 20.0. The number of nitro groups is 1. The Kier molecular flexibility index (Phi) is 2.94. The van der Waals surface area contributed by atoms with E-state index >= 15 is 0 Å². The standard InChI is InChI=1S/C14H9NO6/c16-14(17)10-3-1-8(5-11(10)15(18)19)9-2-4-12-13(6-9)21-7-20-12/h1-6H,7H2,(H,16,17). The molecule has 1 N–H and O–H groups in total. The zero-order valence-corrected chi connectivity index (χ0v) is 10.6. The summed E-state index contributed by atoms with van der Waals surface area (Å²) in [7, 11) is 0. The van der Waals surface area contributed by atoms with Crippen molar-refractivity contribution >= 4 is 11.7 Å². The molecule has 2 aromatic rings. The van der Waals surface area contributed by atoms with Gasteiger partial charge in [0.05, 0.1) is 4.92 Å². The highest BCUT2D eigenvalue weighted by Crippen LogP contribution is 2.37. The number of benzene rings is 2. The lowest BCUT2D eigenvalue weighted by Gasteiger charge is -2.05. The van der Waals surface area contributed by atoms with E-state index in [0.29, 0.717) is 22.6 Å². The smallest absolute Gasteiger partial charge is 0.342 e. The molecule has 7 nitrogen and oxygen atoms in total. The zero-order chi connectivity index (χ0) is 15.0. The fraction of sp³-hybridized carbons (Fsp3) is 0.0714. The van der Waals surface area contributed by atoms with Gasteiger partial charge in [0.25, 0.3) is 5.69 Å². The molecular formula is C14H9NO6. The molecule has 0 aromatic heterocycles. The summed E-state index contributed by atoms with van der Waals surface area (Å²) in [6.07, 6.45) is 0. The first-order valence-corrected chi connectivity index (χ1v) is 5.98. The quantitative estimate of drug-likeness (QED) is 0.688. The molecule has 1 aliphatic rings. The lowest BCUT2D eigenvalue weighted by Crippen LogP contribution is -2.02. The second kappa shape index (κ2) is 4.78. The summed E-state index contributed by atoms with van der Waals surface area (Å²) in [5.41, 5.74) is 0.423. The highest BCUT2D eigenvalue weighted by atomic mass is 16.7. The van der Waals surface area contributed by atoms with Gasteiger partial charge in [0.1, 0.15) is 5.56 Å². The Hall–Kier alpha value is -3.09. The van der Waals surface area contributed by atoms with Crippen molar-refractivity contribution in [3.8, 4) is 22.6 Å². The van der Waals surface area contributed by atoms with E-state index in [1.54, 1.807) is 18.2 Å². The number of aromatic carboxylic acids is 1. The third-order valence-corrected chi connectivity index (χ3v) is 3.13. The third-order valence-electron chi connectivity index (χ3n) is 3.13. The largest absolute Gasteiger partial charge is 0.477 e. The van der Waals surface area contributed by atoms with Crippen LogP contribution < -0.4 is 9.47 Å². The van der Waals surface area contributed by atoms with E-state index in [0.717, 1.165) is 0 Å². The number of hydrogen-bond acceptors (Lipinski definition) is 5. The first kappa shape index (κ1) is 12.9. The van der Waals surface area contributed by atoms with E-state index in [4.69, 9.17) is 14.6 Å². The molecule has 0 atom stereocenters. The molecule has 3 rings (SSSR count). The molecule has 7 heteroatoms. The van der Waals surface area contributed by atoms with Crippen LogP contribution in [0.15, 0.2) is 36.4 Å². The van der Waals surface area contributed by atoms with Gasteiger partial charge in [0, 0.05) is 6.07 Å². The first-order chi connectivity index (χ1) is 10.1. The number of carboxylic acids is 1. The zero-order valence-electron chi connectivity index (χ0n) is 10.6. The normalized spacial score (nSPS) is 12.2. The van der Waals surface area contributed by atoms with Crippen molar-refractivity contribution in [3.63, 3.8) is 0 Å². The van der Waals surface area contributed by atoms with Gasteiger partial charge in [-0.05, 0) is 29.3 Å². The van der Waals surface area contributed by atoms with E-state index in [9.17, 15) is 14.9 Å². The van der Waals surface area contributed by atoms with Gasteiger partial charge in [0.2, 0.25) is 6.79 Å². The molecule has 0 saturated heterocycles. The lowest BCUT2D eigenvalue weighted by molar-refractivity contribution is -0.385. The van der Waals surface area contributed by atoms with Crippen molar-refractivity contribution in [1.29, 1.82) is 0 Å². The first-order valence-electron chi connectivity index (χ1n) is 5.98. The molecule has 0 amide bonds. The Morgan fingerprint density at radius 2 is 1.76 bits per heavy atom. The van der Waals surface area contributed by atoms with Crippen LogP contribution in [0.5, 0.6) is 11.5 Å². The van der Waals surface area contributed by atoms with Crippen molar-refractivity contribution in [2.24, 2.45) is 0 Å². The monoisotopic (exact) mass is 287 g/mol. The molecule has 0 saturated carbocycles. The molecule has 0 bridgehead atoms. The van der Waals surface area contributed by atoms with Crippen LogP contribution in [-0.2, 0) is 0 Å². The number of carboxylic acid groups (broad SMARTS) is 1. The Balaban J connectivity index is 2.09. The number of rotatable bonds is 3. The minimum absolute atomic E-state index is 0.136. The van der Waals surface area contributed by atoms with Crippen LogP contribution >= 0.6 is 0 Å². The van der Waals surface area contributed by atoms with E-state index in [2.05, 4.69) is 0 Å². The van der Waals surface area contributed by atoms with Gasteiger partial charge in [-0.2, -0.15) is 0 Å². The van der Waals surface area contributed by atoms with Crippen LogP contribution in [0.25, 0.3) is 11.1 Å². The van der Waals surface area contributed by atoms with Crippen LogP contribution in [0.2, 0.25) is 0 Å². The summed E-state index contributed by atoms with van der Waals surface area (Å²) in [6, 6.07) is 9.11. The Labute approximate surface area is 118 Å². The maximum Gasteiger partial charge on any atom is 0.342 e. The summed E-state index contributed by atoms with van der Waals surface area (Å²) in [5.74, 6) is -0.174. The molecule has 0 radical (unpaired) electrons. The Bertz CT molecular complexity index is 755. The van der Waals surface area contributed by atoms with Gasteiger partial charge < -0.3 is 14.6 Å². The maximum atomic E-state index is 11.0. The topological polar surface area (TPSA) is 98.9 Å². The van der Waals surface area contributed by atoms with Crippen LogP contribution in [0, 0.1) is 10.1 Å². The number of fused-ring (bicyclic) bond motifs is 1. The molecule has 0 fully saturated rings. The van der Waals surface area contributed by atoms with E-state index in [-0.39, 0.29) is 12.4 Å². The summed E-state index contributed by atoms with van der Waals surface area (Å²) in [4.78, 5) is 21.3. The van der Waals surface area contributed by atoms with E-state index < -0.39 is 16.6 Å². The van der Waals surface area contributed by atoms with Gasteiger partial charge in [-0.3, -0.25) is 10.1 Å². The highest BCUT2D eigenvalue weighted by Gasteiger charge is 2.21. The van der Waals surface area contributed by atoms with Crippen LogP contribution in [0.4, 0.5) is 5.69 Å². The molecule has 1 heterocycles. The van der Waals surface area contributed by atoms with Crippen LogP contribution in [0.3, 0.4) is 0 Å². The molecule has 0 aliphatic carbocycles. The summed E-state index contributed by atoms with van der Waals surface area (Å²) in [6.45, 7) is 0.136. The average molecular weight is 287 g/mol. The number of ether oxygens (including phenoxy) is 2. The highest BCUT2D eigenvalue weighted by molar-refractivity contribution is 5.93. The van der Waals surface area contributed by atoms with Crippen molar-refractivity contribution < 1.29 is 24.3 Å². The fourth-order valence-corrected chi connectivity index (χ4v) is 2.12. The van der Waals surface area contributed by atoms with Gasteiger partial charge in [-0.15, -0.1) is 0 Å². The molecule has 2 aromatic carbocycles. The van der Waals surface area contributed by atoms with Crippen LogP contribution in [0.1, 0.15) is 10.4 Å². The minimum Gasteiger partial charge on any atom is -0.477 e. The van der Waals surface area contributed by atoms with Crippen molar-refractivity contribution in [2.75, 3.05) is 6.79 Å². The van der Waals surface area contributed by atoms with Crippen molar-refractivity contribution in [2.45, 2.75) is 0 Å². The van der Waals surface area contributed by atoms with Crippen molar-refractivity contribution in [1.82, 2.24) is 0 Å². The second-order valence-corrected chi connectivity index (χ2v) is 4.36. The van der Waals surface area contributed by atoms with Gasteiger partial charge >= 0.3 is 5.97 Å². The SMILES string of the molecule is O=C(O)c1ccc(-c2ccc3c(c2)OCO3)cc1[N+](=O)[O-]. The third kappa shape index (κ3) is 2.25. The fourth-order valence-electron chi connectivity index (χ4n) is 2.12. The maximum absolute atomic E-state index is 11.0. The minimum atomic E-state index is -1.33. The Morgan fingerprint density at radius 3 is 2.48 bits per heavy atom. The molecule has 1 aliphatic heterocycles. The van der Waals surface area contributed by atoms with E-state index in [1.165, 1.54) is 18.2 Å². The molecule has 0 spiro atoms. The molecule has 21 heavy (non-hydrogen) atoms. The van der Waals surface area contributed by atoms with Crippen molar-refractivity contribution in [3.05, 3.63) is 52.1 Å².